The third-order valence-corrected chi connectivity index (χ3v) is 5.53. The van der Waals surface area contributed by atoms with Crippen molar-refractivity contribution in [3.05, 3.63) is 20.8 Å². The summed E-state index contributed by atoms with van der Waals surface area (Å²) < 4.78 is 1.22. The second-order valence-electron chi connectivity index (χ2n) is 3.60. The smallest absolute Gasteiger partial charge is 0.0743 e. The van der Waals surface area contributed by atoms with Gasteiger partial charge < -0.3 is 5.11 Å². The third-order valence-electron chi connectivity index (χ3n) is 2.63. The van der Waals surface area contributed by atoms with Gasteiger partial charge >= 0.3 is 0 Å². The van der Waals surface area contributed by atoms with E-state index in [1.54, 1.807) is 11.3 Å². The van der Waals surface area contributed by atoms with Gasteiger partial charge in [-0.05, 0) is 32.9 Å². The first-order chi connectivity index (χ1) is 7.31. The molecule has 0 aliphatic carbocycles. The second kappa shape index (κ2) is 5.68. The van der Waals surface area contributed by atoms with Gasteiger partial charge in [0.25, 0.3) is 0 Å². The Bertz CT molecular complexity index is 318. The molecule has 0 amide bonds. The highest BCUT2D eigenvalue weighted by molar-refractivity contribution is 9.11. The Balaban J connectivity index is 2.00. The Kier molecular flexibility index (Phi) is 4.52. The van der Waals surface area contributed by atoms with Gasteiger partial charge in [0.05, 0.1) is 10.4 Å². The van der Waals surface area contributed by atoms with E-state index < -0.39 is 0 Å². The molecule has 1 aliphatic rings. The maximum atomic E-state index is 9.30. The van der Waals surface area contributed by atoms with Crippen molar-refractivity contribution in [2.45, 2.75) is 12.6 Å². The summed E-state index contributed by atoms with van der Waals surface area (Å²) in [5.74, 6) is 2.23. The van der Waals surface area contributed by atoms with Gasteiger partial charge in [-0.2, -0.15) is 11.8 Å². The summed E-state index contributed by atoms with van der Waals surface area (Å²) in [5, 5.41) is 11.4. The minimum Gasteiger partial charge on any atom is -0.395 e. The molecule has 1 unspecified atom stereocenters. The number of halogens is 1. The predicted molar refractivity (Wildman–Crippen MR) is 70.6 cm³/mol. The topological polar surface area (TPSA) is 23.5 Å². The van der Waals surface area contributed by atoms with E-state index in [0.717, 1.165) is 18.8 Å². The zero-order chi connectivity index (χ0) is 10.7. The molecule has 0 bridgehead atoms. The van der Waals surface area contributed by atoms with Crippen LogP contribution in [-0.2, 0) is 6.54 Å². The molecule has 1 N–H and O–H groups in total. The van der Waals surface area contributed by atoms with Gasteiger partial charge in [-0.1, -0.05) is 0 Å². The van der Waals surface area contributed by atoms with Gasteiger partial charge in [0.2, 0.25) is 0 Å². The number of hydrogen-bond donors (Lipinski definition) is 1. The summed E-state index contributed by atoms with van der Waals surface area (Å²) in [7, 11) is 0. The predicted octanol–water partition coefficient (Wildman–Crippen LogP) is 2.42. The monoisotopic (exact) mass is 307 g/mol. The zero-order valence-corrected chi connectivity index (χ0v) is 11.6. The maximum absolute atomic E-state index is 9.30. The Morgan fingerprint density at radius 1 is 1.60 bits per heavy atom. The van der Waals surface area contributed by atoms with Crippen molar-refractivity contribution in [1.82, 2.24) is 4.90 Å². The highest BCUT2D eigenvalue weighted by Crippen LogP contribution is 2.26. The maximum Gasteiger partial charge on any atom is 0.0743 e. The zero-order valence-electron chi connectivity index (χ0n) is 8.36. The summed E-state index contributed by atoms with van der Waals surface area (Å²) in [4.78, 5) is 2.38. The standard InChI is InChI=1S/C10H14BrNOS2/c11-10-8(1-3-15-10)5-12-2-4-14-7-9(12)6-13/h1,3,9,13H,2,4-7H2. The number of thioether (sulfide) groups is 1. The van der Waals surface area contributed by atoms with E-state index in [9.17, 15) is 5.11 Å². The highest BCUT2D eigenvalue weighted by atomic mass is 79.9. The number of aliphatic hydroxyl groups excluding tert-OH is 1. The minimum atomic E-state index is 0.273. The van der Waals surface area contributed by atoms with E-state index in [-0.39, 0.29) is 6.61 Å². The Hall–Kier alpha value is 0.450. The summed E-state index contributed by atoms with van der Waals surface area (Å²) in [5.41, 5.74) is 1.34. The summed E-state index contributed by atoms with van der Waals surface area (Å²) >= 11 is 7.22. The summed E-state index contributed by atoms with van der Waals surface area (Å²) in [6.07, 6.45) is 0. The Morgan fingerprint density at radius 2 is 2.47 bits per heavy atom. The number of rotatable bonds is 3. The highest BCUT2D eigenvalue weighted by Gasteiger charge is 2.22. The van der Waals surface area contributed by atoms with Crippen LogP contribution in [-0.4, -0.2) is 40.7 Å². The number of hydrogen-bond acceptors (Lipinski definition) is 4. The quantitative estimate of drug-likeness (QED) is 0.928. The molecule has 1 aliphatic heterocycles. The summed E-state index contributed by atoms with van der Waals surface area (Å²) in [6, 6.07) is 2.49. The molecule has 0 aromatic carbocycles. The van der Waals surface area contributed by atoms with Crippen molar-refractivity contribution in [3.63, 3.8) is 0 Å². The first kappa shape index (κ1) is 11.9. The van der Waals surface area contributed by atoms with Crippen molar-refractivity contribution in [3.8, 4) is 0 Å². The number of aliphatic hydroxyl groups is 1. The van der Waals surface area contributed by atoms with Crippen LogP contribution in [0.15, 0.2) is 15.2 Å². The van der Waals surface area contributed by atoms with Crippen molar-refractivity contribution < 1.29 is 5.11 Å². The average Bonchev–Trinajstić information content (AvgIpc) is 2.65. The summed E-state index contributed by atoms with van der Waals surface area (Å²) in [6.45, 7) is 2.31. The fourth-order valence-electron chi connectivity index (χ4n) is 1.72. The second-order valence-corrected chi connectivity index (χ2v) is 6.99. The molecule has 1 fully saturated rings. The normalized spacial score (nSPS) is 23.2. The van der Waals surface area contributed by atoms with E-state index in [0.29, 0.717) is 6.04 Å². The number of nitrogens with zero attached hydrogens (tertiary/aromatic N) is 1. The van der Waals surface area contributed by atoms with Crippen LogP contribution in [0, 0.1) is 0 Å². The molecule has 1 aromatic rings. The van der Waals surface area contributed by atoms with Gasteiger partial charge in [-0.3, -0.25) is 4.90 Å². The van der Waals surface area contributed by atoms with E-state index >= 15 is 0 Å². The van der Waals surface area contributed by atoms with Crippen LogP contribution >= 0.6 is 39.0 Å². The van der Waals surface area contributed by atoms with E-state index in [1.807, 2.05) is 11.8 Å². The Morgan fingerprint density at radius 3 is 3.13 bits per heavy atom. The lowest BCUT2D eigenvalue weighted by atomic mass is 10.2. The van der Waals surface area contributed by atoms with E-state index in [2.05, 4.69) is 32.3 Å². The van der Waals surface area contributed by atoms with Gasteiger partial charge in [-0.15, -0.1) is 11.3 Å². The lowest BCUT2D eigenvalue weighted by Gasteiger charge is -2.34. The van der Waals surface area contributed by atoms with Crippen LogP contribution < -0.4 is 0 Å². The molecule has 0 saturated carbocycles. The SMILES string of the molecule is OCC1CSCCN1Cc1ccsc1Br. The molecule has 1 saturated heterocycles. The van der Waals surface area contributed by atoms with Crippen molar-refractivity contribution >= 4 is 39.0 Å². The molecular formula is C10H14BrNOS2. The molecular weight excluding hydrogens is 294 g/mol. The molecule has 84 valence electrons. The molecule has 1 aromatic heterocycles. The van der Waals surface area contributed by atoms with Crippen LogP contribution in [0.25, 0.3) is 0 Å². The van der Waals surface area contributed by atoms with Crippen molar-refractivity contribution in [1.29, 1.82) is 0 Å². The minimum absolute atomic E-state index is 0.273. The van der Waals surface area contributed by atoms with Gasteiger partial charge in [0.1, 0.15) is 0 Å². The van der Waals surface area contributed by atoms with E-state index in [4.69, 9.17) is 0 Å². The lowest BCUT2D eigenvalue weighted by Crippen LogP contribution is -2.43. The largest absolute Gasteiger partial charge is 0.395 e. The molecule has 0 radical (unpaired) electrons. The molecule has 0 spiro atoms. The molecule has 15 heavy (non-hydrogen) atoms. The fraction of sp³-hybridized carbons (Fsp3) is 0.600. The molecule has 2 nitrogen and oxygen atoms in total. The molecule has 1 atom stereocenters. The van der Waals surface area contributed by atoms with Crippen molar-refractivity contribution in [2.75, 3.05) is 24.7 Å². The van der Waals surface area contributed by atoms with Gasteiger partial charge in [0.15, 0.2) is 0 Å². The van der Waals surface area contributed by atoms with Gasteiger partial charge in [0, 0.05) is 30.6 Å². The molecule has 5 heteroatoms. The van der Waals surface area contributed by atoms with Crippen molar-refractivity contribution in [2.24, 2.45) is 0 Å². The average molecular weight is 308 g/mol. The van der Waals surface area contributed by atoms with E-state index in [1.165, 1.54) is 15.1 Å². The van der Waals surface area contributed by atoms with Gasteiger partial charge in [-0.25, -0.2) is 0 Å². The van der Waals surface area contributed by atoms with Crippen LogP contribution in [0.2, 0.25) is 0 Å². The number of thiophene rings is 1. The van der Waals surface area contributed by atoms with Crippen LogP contribution in [0.4, 0.5) is 0 Å². The first-order valence-corrected chi connectivity index (χ1v) is 7.78. The Labute approximate surface area is 107 Å². The van der Waals surface area contributed by atoms with Crippen LogP contribution in [0.1, 0.15) is 5.56 Å². The molecule has 2 rings (SSSR count). The third kappa shape index (κ3) is 2.97. The first-order valence-electron chi connectivity index (χ1n) is 4.96. The van der Waals surface area contributed by atoms with Crippen LogP contribution in [0.3, 0.4) is 0 Å². The fourth-order valence-corrected chi connectivity index (χ4v) is 4.05. The molecule has 2 heterocycles. The lowest BCUT2D eigenvalue weighted by molar-refractivity contribution is 0.133. The van der Waals surface area contributed by atoms with Crippen LogP contribution in [0.5, 0.6) is 0 Å².